The van der Waals surface area contributed by atoms with Crippen LogP contribution in [-0.4, -0.2) is 40.3 Å². The number of carbonyl (C=O) groups excluding carboxylic acids is 1. The van der Waals surface area contributed by atoms with Crippen molar-refractivity contribution in [2.75, 3.05) is 11.5 Å². The van der Waals surface area contributed by atoms with Crippen LogP contribution in [0.2, 0.25) is 10.0 Å². The first kappa shape index (κ1) is 25.4. The highest BCUT2D eigenvalue weighted by Crippen LogP contribution is 2.32. The number of hydrogen-bond donors (Lipinski definition) is 1. The van der Waals surface area contributed by atoms with Crippen molar-refractivity contribution in [3.63, 3.8) is 0 Å². The lowest BCUT2D eigenvalue weighted by atomic mass is 10.0. The Bertz CT molecular complexity index is 1650. The summed E-state index contributed by atoms with van der Waals surface area (Å²) in [6.07, 6.45) is 1.34. The van der Waals surface area contributed by atoms with Crippen molar-refractivity contribution in [3.05, 3.63) is 79.4 Å². The number of nitrogens with zero attached hydrogens (tertiary/aromatic N) is 4. The Morgan fingerprint density at radius 1 is 1.03 bits per heavy atom. The van der Waals surface area contributed by atoms with Gasteiger partial charge in [-0.05, 0) is 55.2 Å². The summed E-state index contributed by atoms with van der Waals surface area (Å²) in [5.74, 6) is 0.695. The molecule has 0 spiro atoms. The van der Waals surface area contributed by atoms with E-state index in [0.717, 1.165) is 4.57 Å². The van der Waals surface area contributed by atoms with Crippen molar-refractivity contribution in [3.8, 4) is 17.1 Å². The number of aromatic nitrogens is 4. The van der Waals surface area contributed by atoms with Gasteiger partial charge in [-0.15, -0.1) is 0 Å². The summed E-state index contributed by atoms with van der Waals surface area (Å²) < 4.78 is 15.8. The molecule has 0 radical (unpaired) electrons. The largest absolute Gasteiger partial charge is 0.368 e. The van der Waals surface area contributed by atoms with Crippen LogP contribution in [0.1, 0.15) is 12.8 Å². The topological polar surface area (TPSA) is 122 Å². The van der Waals surface area contributed by atoms with E-state index in [-0.39, 0.29) is 23.6 Å². The second-order valence-electron chi connectivity index (χ2n) is 8.94. The molecule has 4 aromatic rings. The number of hydrogen-bond acceptors (Lipinski definition) is 5. The van der Waals surface area contributed by atoms with Gasteiger partial charge in [0.15, 0.2) is 11.2 Å². The van der Waals surface area contributed by atoms with Crippen LogP contribution in [0.3, 0.4) is 0 Å². The van der Waals surface area contributed by atoms with Gasteiger partial charge in [-0.3, -0.25) is 22.9 Å². The first-order valence-corrected chi connectivity index (χ1v) is 13.9. The van der Waals surface area contributed by atoms with Crippen molar-refractivity contribution in [2.24, 2.45) is 11.7 Å². The monoisotopic (exact) mass is 559 g/mol. The van der Waals surface area contributed by atoms with Crippen LogP contribution >= 0.6 is 23.2 Å². The third-order valence-electron chi connectivity index (χ3n) is 6.49. The predicted molar refractivity (Wildman–Crippen MR) is 145 cm³/mol. The highest BCUT2D eigenvalue weighted by atomic mass is 35.5. The molecule has 0 aliphatic carbocycles. The smallest absolute Gasteiger partial charge is 0.333 e. The Balaban J connectivity index is 1.86. The van der Waals surface area contributed by atoms with Gasteiger partial charge in [0.1, 0.15) is 12.4 Å². The van der Waals surface area contributed by atoms with Gasteiger partial charge >= 0.3 is 5.69 Å². The van der Waals surface area contributed by atoms with Crippen molar-refractivity contribution in [1.82, 2.24) is 18.7 Å². The summed E-state index contributed by atoms with van der Waals surface area (Å²) in [6.45, 7) is -0.319. The highest BCUT2D eigenvalue weighted by Gasteiger charge is 2.27. The van der Waals surface area contributed by atoms with Gasteiger partial charge in [-0.25, -0.2) is 14.3 Å². The fraction of sp³-hybridized carbons (Fsp3) is 0.280. The Morgan fingerprint density at radius 3 is 2.35 bits per heavy atom. The number of rotatable bonds is 6. The van der Waals surface area contributed by atoms with Gasteiger partial charge in [0.2, 0.25) is 5.91 Å². The number of fused-ring (bicyclic) bond motifs is 1. The van der Waals surface area contributed by atoms with Crippen LogP contribution in [0.5, 0.6) is 0 Å². The molecule has 0 atom stereocenters. The lowest BCUT2D eigenvalue weighted by molar-refractivity contribution is -0.118. The van der Waals surface area contributed by atoms with Crippen molar-refractivity contribution in [2.45, 2.75) is 25.9 Å². The Hall–Kier alpha value is -3.21. The summed E-state index contributed by atoms with van der Waals surface area (Å²) in [4.78, 5) is 43.9. The maximum absolute atomic E-state index is 13.7. The zero-order chi connectivity index (χ0) is 26.3. The van der Waals surface area contributed by atoms with Gasteiger partial charge < -0.3 is 5.73 Å². The molecule has 1 aliphatic heterocycles. The lowest BCUT2D eigenvalue weighted by Gasteiger charge is -2.22. The molecule has 12 heteroatoms. The number of amides is 1. The number of benzene rings is 2. The van der Waals surface area contributed by atoms with E-state index < -0.39 is 34.5 Å². The molecule has 2 N–H and O–H groups in total. The van der Waals surface area contributed by atoms with Crippen molar-refractivity contribution >= 4 is 51.1 Å². The maximum Gasteiger partial charge on any atom is 0.333 e. The van der Waals surface area contributed by atoms with Gasteiger partial charge in [-0.2, -0.15) is 0 Å². The molecule has 192 valence electrons. The van der Waals surface area contributed by atoms with E-state index >= 15 is 0 Å². The minimum atomic E-state index is -0.870. The van der Waals surface area contributed by atoms with Crippen LogP contribution in [0.15, 0.2) is 58.1 Å². The third kappa shape index (κ3) is 4.88. The summed E-state index contributed by atoms with van der Waals surface area (Å²) in [5, 5.41) is 0.916. The van der Waals surface area contributed by atoms with Crippen LogP contribution < -0.4 is 17.0 Å². The molecular weight excluding hydrogens is 537 g/mol. The van der Waals surface area contributed by atoms with Gasteiger partial charge in [0.05, 0.1) is 5.02 Å². The van der Waals surface area contributed by atoms with Crippen molar-refractivity contribution < 1.29 is 9.00 Å². The SMILES string of the molecule is NC(=O)Cn1c(=O)c2c(nc(-c3ccccc3Cl)n2-c2ccc(Cl)cc2)n(CC2CCS(=O)CC2)c1=O. The molecule has 9 nitrogen and oxygen atoms in total. The maximum atomic E-state index is 13.7. The summed E-state index contributed by atoms with van der Waals surface area (Å²) >= 11 is 12.7. The first-order valence-electron chi connectivity index (χ1n) is 11.6. The standard InChI is InChI=1S/C25H23Cl2N5O4S/c26-16-5-7-17(8-6-16)32-21-23(29-22(32)18-3-1-2-4-19(18)27)30(13-15-9-11-37(36)12-10-15)25(35)31(24(21)34)14-20(28)33/h1-8,15H,9-14H2,(H2,28,33). The van der Waals surface area contributed by atoms with E-state index in [1.165, 1.54) is 4.57 Å². The second-order valence-corrected chi connectivity index (χ2v) is 11.5. The number of carbonyl (C=O) groups is 1. The fourth-order valence-electron chi connectivity index (χ4n) is 4.65. The average molecular weight is 560 g/mol. The minimum absolute atomic E-state index is 0.0579. The van der Waals surface area contributed by atoms with Gasteiger partial charge in [-0.1, -0.05) is 35.3 Å². The quantitative estimate of drug-likeness (QED) is 0.389. The molecule has 1 saturated heterocycles. The number of nitrogens with two attached hydrogens (primary N) is 1. The molecule has 2 aromatic carbocycles. The highest BCUT2D eigenvalue weighted by molar-refractivity contribution is 7.85. The van der Waals surface area contributed by atoms with Crippen molar-refractivity contribution in [1.29, 1.82) is 0 Å². The lowest BCUT2D eigenvalue weighted by Crippen LogP contribution is -2.44. The Morgan fingerprint density at radius 2 is 1.70 bits per heavy atom. The summed E-state index contributed by atoms with van der Waals surface area (Å²) in [6, 6.07) is 13.9. The zero-order valence-corrected chi connectivity index (χ0v) is 21.9. The average Bonchev–Trinajstić information content (AvgIpc) is 3.26. The Kier molecular flexibility index (Phi) is 7.06. The third-order valence-corrected chi connectivity index (χ3v) is 8.45. The molecule has 3 heterocycles. The fourth-order valence-corrected chi connectivity index (χ4v) is 6.39. The van der Waals surface area contributed by atoms with Gasteiger partial charge in [0.25, 0.3) is 5.56 Å². The van der Waals surface area contributed by atoms with Crippen LogP contribution in [0, 0.1) is 5.92 Å². The Labute approximate surface area is 223 Å². The molecule has 0 saturated carbocycles. The zero-order valence-electron chi connectivity index (χ0n) is 19.6. The van der Waals surface area contributed by atoms with E-state index in [2.05, 4.69) is 0 Å². The minimum Gasteiger partial charge on any atom is -0.368 e. The van der Waals surface area contributed by atoms with E-state index in [1.54, 1.807) is 53.1 Å². The number of imidazole rings is 1. The first-order chi connectivity index (χ1) is 17.7. The molecule has 2 aromatic heterocycles. The number of primary amides is 1. The van der Waals surface area contributed by atoms with E-state index in [0.29, 0.717) is 51.5 Å². The molecular formula is C25H23Cl2N5O4S. The summed E-state index contributed by atoms with van der Waals surface area (Å²) in [5.41, 5.74) is 5.45. The molecule has 5 rings (SSSR count). The van der Waals surface area contributed by atoms with Gasteiger partial charge in [0, 0.05) is 45.1 Å². The van der Waals surface area contributed by atoms with Crippen LogP contribution in [0.4, 0.5) is 0 Å². The molecule has 1 fully saturated rings. The number of halogens is 2. The normalized spacial score (nSPS) is 17.8. The second kappa shape index (κ2) is 10.3. The van der Waals surface area contributed by atoms with E-state index in [9.17, 15) is 18.6 Å². The summed E-state index contributed by atoms with van der Waals surface area (Å²) in [7, 11) is -0.870. The molecule has 1 aliphatic rings. The predicted octanol–water partition coefficient (Wildman–Crippen LogP) is 2.97. The van der Waals surface area contributed by atoms with E-state index in [1.807, 2.05) is 0 Å². The van der Waals surface area contributed by atoms with E-state index in [4.69, 9.17) is 33.9 Å². The molecule has 37 heavy (non-hydrogen) atoms. The van der Waals surface area contributed by atoms with Crippen LogP contribution in [-0.2, 0) is 28.7 Å². The van der Waals surface area contributed by atoms with Crippen LogP contribution in [0.25, 0.3) is 28.2 Å². The molecule has 1 amide bonds. The molecule has 0 bridgehead atoms. The molecule has 0 unspecified atom stereocenters.